The van der Waals surface area contributed by atoms with Crippen molar-refractivity contribution in [2.24, 2.45) is 35.5 Å². The number of carbonyl (C=O) groups is 5. The standard InChI is InChI=1S/C22H28N2O8/c1-22(2,3)32-21(29)23-6-7-24-17(25)13-9-8-10(14(13)18(24)26)12-11(9)15(19(27)30-4)16(12)20(28)31-5/h9-14H,6-8H2,1-5H3,(H,23,29)/t9-,10+,11+,12-,13+,14-. The Morgan fingerprint density at radius 1 is 0.906 bits per heavy atom. The molecule has 1 saturated heterocycles. The molecule has 10 nitrogen and oxygen atoms in total. The van der Waals surface area contributed by atoms with E-state index in [-0.39, 0.29) is 59.7 Å². The van der Waals surface area contributed by atoms with Crippen LogP contribution in [0, 0.1) is 35.5 Å². The molecule has 1 N–H and O–H groups in total. The first-order valence-electron chi connectivity index (χ1n) is 10.7. The molecule has 174 valence electrons. The number of amides is 3. The van der Waals surface area contributed by atoms with E-state index in [0.717, 1.165) is 0 Å². The molecular weight excluding hydrogens is 420 g/mol. The van der Waals surface area contributed by atoms with Gasteiger partial charge in [0.25, 0.3) is 0 Å². The molecule has 1 aliphatic heterocycles. The molecule has 32 heavy (non-hydrogen) atoms. The predicted molar refractivity (Wildman–Crippen MR) is 108 cm³/mol. The fourth-order valence-electron chi connectivity index (χ4n) is 6.12. The molecule has 0 radical (unpaired) electrons. The Morgan fingerprint density at radius 3 is 1.78 bits per heavy atom. The molecule has 0 aromatic carbocycles. The normalized spacial score (nSPS) is 32.3. The Morgan fingerprint density at radius 2 is 1.38 bits per heavy atom. The van der Waals surface area contributed by atoms with Crippen LogP contribution in [0.3, 0.4) is 0 Å². The summed E-state index contributed by atoms with van der Waals surface area (Å²) in [6.07, 6.45) is -0.0165. The lowest BCUT2D eigenvalue weighted by atomic mass is 9.56. The van der Waals surface area contributed by atoms with Gasteiger partial charge in [0.15, 0.2) is 0 Å². The van der Waals surface area contributed by atoms with Gasteiger partial charge in [0.2, 0.25) is 11.8 Å². The van der Waals surface area contributed by atoms with E-state index in [1.807, 2.05) is 0 Å². The topological polar surface area (TPSA) is 128 Å². The maximum atomic E-state index is 13.1. The minimum atomic E-state index is -0.652. The zero-order valence-electron chi connectivity index (χ0n) is 18.8. The number of ether oxygens (including phenoxy) is 3. The van der Waals surface area contributed by atoms with Crippen LogP contribution in [0.2, 0.25) is 0 Å². The number of methoxy groups -OCH3 is 2. The number of nitrogens with one attached hydrogen (secondary N) is 1. The van der Waals surface area contributed by atoms with Crippen LogP contribution in [-0.4, -0.2) is 67.7 Å². The van der Waals surface area contributed by atoms with Crippen molar-refractivity contribution < 1.29 is 38.2 Å². The molecule has 0 aromatic heterocycles. The minimum absolute atomic E-state index is 0.0415. The summed E-state index contributed by atoms with van der Waals surface area (Å²) in [5.41, 5.74) is -0.0956. The van der Waals surface area contributed by atoms with Gasteiger partial charge in [-0.15, -0.1) is 0 Å². The smallest absolute Gasteiger partial charge is 0.407 e. The quantitative estimate of drug-likeness (QED) is 0.369. The maximum Gasteiger partial charge on any atom is 0.407 e. The van der Waals surface area contributed by atoms with E-state index < -0.39 is 35.5 Å². The number of imide groups is 1. The number of carbonyl (C=O) groups excluding carboxylic acids is 5. The van der Waals surface area contributed by atoms with Crippen LogP contribution in [0.4, 0.5) is 4.79 Å². The van der Waals surface area contributed by atoms with Gasteiger partial charge in [0.1, 0.15) is 5.60 Å². The molecule has 0 aromatic rings. The van der Waals surface area contributed by atoms with E-state index in [9.17, 15) is 24.0 Å². The second kappa shape index (κ2) is 7.60. The van der Waals surface area contributed by atoms with Crippen LogP contribution in [0.1, 0.15) is 27.2 Å². The largest absolute Gasteiger partial charge is 0.466 e. The summed E-state index contributed by atoms with van der Waals surface area (Å²) in [5.74, 6) is -3.74. The first-order valence-corrected chi connectivity index (χ1v) is 10.7. The fraction of sp³-hybridized carbons (Fsp3) is 0.682. The number of hydrogen-bond donors (Lipinski definition) is 1. The second-order valence-corrected chi connectivity index (χ2v) is 9.73. The van der Waals surface area contributed by atoms with E-state index in [2.05, 4.69) is 5.32 Å². The Kier molecular flexibility index (Phi) is 5.29. The van der Waals surface area contributed by atoms with Gasteiger partial charge in [-0.25, -0.2) is 14.4 Å². The summed E-state index contributed by atoms with van der Waals surface area (Å²) in [4.78, 5) is 64.0. The van der Waals surface area contributed by atoms with Crippen molar-refractivity contribution in [3.8, 4) is 0 Å². The molecule has 4 rings (SSSR count). The van der Waals surface area contributed by atoms with Crippen LogP contribution in [0.15, 0.2) is 11.1 Å². The summed E-state index contributed by atoms with van der Waals surface area (Å²) in [7, 11) is 2.49. The number of rotatable bonds is 5. The van der Waals surface area contributed by atoms with Crippen molar-refractivity contribution in [1.82, 2.24) is 10.2 Å². The van der Waals surface area contributed by atoms with Gasteiger partial charge in [-0.2, -0.15) is 0 Å². The van der Waals surface area contributed by atoms with Gasteiger partial charge in [0, 0.05) is 24.9 Å². The van der Waals surface area contributed by atoms with Crippen molar-refractivity contribution in [2.75, 3.05) is 27.3 Å². The lowest BCUT2D eigenvalue weighted by Crippen LogP contribution is -2.48. The second-order valence-electron chi connectivity index (χ2n) is 9.73. The third-order valence-electron chi connectivity index (χ3n) is 7.04. The summed E-state index contributed by atoms with van der Waals surface area (Å²) in [6, 6.07) is 0. The molecule has 3 aliphatic carbocycles. The zero-order chi connectivity index (χ0) is 23.5. The lowest BCUT2D eigenvalue weighted by Gasteiger charge is -2.44. The summed E-state index contributed by atoms with van der Waals surface area (Å²) in [5, 5.41) is 2.56. The highest BCUT2D eigenvalue weighted by molar-refractivity contribution is 6.09. The zero-order valence-corrected chi connectivity index (χ0v) is 18.8. The number of hydrogen-bond acceptors (Lipinski definition) is 8. The molecule has 2 saturated carbocycles. The van der Waals surface area contributed by atoms with Crippen molar-refractivity contribution in [3.05, 3.63) is 11.1 Å². The van der Waals surface area contributed by atoms with E-state index in [1.54, 1.807) is 20.8 Å². The van der Waals surface area contributed by atoms with E-state index in [4.69, 9.17) is 14.2 Å². The van der Waals surface area contributed by atoms with Crippen molar-refractivity contribution in [2.45, 2.75) is 32.8 Å². The lowest BCUT2D eigenvalue weighted by molar-refractivity contribution is -0.144. The van der Waals surface area contributed by atoms with E-state index in [0.29, 0.717) is 6.42 Å². The van der Waals surface area contributed by atoms with Gasteiger partial charge in [-0.3, -0.25) is 14.5 Å². The van der Waals surface area contributed by atoms with Gasteiger partial charge < -0.3 is 19.5 Å². The molecule has 6 atom stereocenters. The van der Waals surface area contributed by atoms with E-state index in [1.165, 1.54) is 19.1 Å². The highest BCUT2D eigenvalue weighted by Gasteiger charge is 2.72. The third-order valence-corrected chi connectivity index (χ3v) is 7.04. The average molecular weight is 448 g/mol. The molecule has 0 spiro atoms. The predicted octanol–water partition coefficient (Wildman–Crippen LogP) is 0.651. The average Bonchev–Trinajstić information content (AvgIpc) is 3.28. The van der Waals surface area contributed by atoms with Crippen molar-refractivity contribution in [1.29, 1.82) is 0 Å². The SMILES string of the molecule is COC(=O)C1=C(C(=O)OC)[C@H]2[C@H]3C[C@H]([C@H]4C(=O)N(CCNC(=O)OC(C)(C)C)C(=O)[C@@H]34)[C@@H]12. The summed E-state index contributed by atoms with van der Waals surface area (Å²) in [6.45, 7) is 5.34. The Hall–Kier alpha value is -2.91. The first kappa shape index (κ1) is 22.3. The van der Waals surface area contributed by atoms with Crippen LogP contribution in [-0.2, 0) is 33.4 Å². The number of nitrogens with zero attached hydrogens (tertiary/aromatic N) is 1. The van der Waals surface area contributed by atoms with Crippen LogP contribution < -0.4 is 5.32 Å². The monoisotopic (exact) mass is 448 g/mol. The third kappa shape index (κ3) is 3.18. The Labute approximate surface area is 185 Å². The van der Waals surface area contributed by atoms with Crippen LogP contribution in [0.25, 0.3) is 0 Å². The number of likely N-dealkylation sites (tertiary alicyclic amines) is 1. The van der Waals surface area contributed by atoms with Gasteiger partial charge in [-0.05, 0) is 39.0 Å². The first-order chi connectivity index (χ1) is 15.0. The molecule has 10 heteroatoms. The van der Waals surface area contributed by atoms with Gasteiger partial charge >= 0.3 is 18.0 Å². The van der Waals surface area contributed by atoms with Gasteiger partial charge in [-0.1, -0.05) is 0 Å². The highest BCUT2D eigenvalue weighted by Crippen LogP contribution is 2.69. The van der Waals surface area contributed by atoms with Crippen molar-refractivity contribution >= 4 is 29.8 Å². The number of fused-ring (bicyclic) bond motifs is 8. The molecule has 3 amide bonds. The van der Waals surface area contributed by atoms with Crippen LogP contribution in [0.5, 0.6) is 0 Å². The Bertz CT molecular complexity index is 877. The number of esters is 2. The van der Waals surface area contributed by atoms with Crippen molar-refractivity contribution in [3.63, 3.8) is 0 Å². The molecule has 3 fully saturated rings. The molecule has 0 unspecified atom stereocenters. The number of alkyl carbamates (subject to hydrolysis) is 1. The molecule has 1 heterocycles. The van der Waals surface area contributed by atoms with Gasteiger partial charge in [0.05, 0.1) is 37.2 Å². The maximum absolute atomic E-state index is 13.1. The molecular formula is C22H28N2O8. The summed E-state index contributed by atoms with van der Waals surface area (Å²) >= 11 is 0. The minimum Gasteiger partial charge on any atom is -0.466 e. The Balaban J connectivity index is 1.49. The molecule has 2 bridgehead atoms. The molecule has 4 aliphatic rings. The highest BCUT2D eigenvalue weighted by atomic mass is 16.6. The van der Waals surface area contributed by atoms with E-state index >= 15 is 0 Å². The van der Waals surface area contributed by atoms with Crippen LogP contribution >= 0.6 is 0 Å². The fourth-order valence-corrected chi connectivity index (χ4v) is 6.12. The summed E-state index contributed by atoms with van der Waals surface area (Å²) < 4.78 is 14.9.